The maximum absolute atomic E-state index is 15.3. The summed E-state index contributed by atoms with van der Waals surface area (Å²) in [7, 11) is 0. The van der Waals surface area contributed by atoms with Crippen LogP contribution in [-0.2, 0) is 16.1 Å². The van der Waals surface area contributed by atoms with Crippen molar-refractivity contribution in [2.45, 2.75) is 45.6 Å². The quantitative estimate of drug-likeness (QED) is 0.340. The van der Waals surface area contributed by atoms with Crippen molar-refractivity contribution in [2.75, 3.05) is 26.2 Å². The maximum atomic E-state index is 15.3. The Kier molecular flexibility index (Phi) is 7.85. The summed E-state index contributed by atoms with van der Waals surface area (Å²) < 4.78 is 16.5. The number of halogens is 1. The van der Waals surface area contributed by atoms with Gasteiger partial charge in [-0.3, -0.25) is 14.5 Å². The summed E-state index contributed by atoms with van der Waals surface area (Å²) in [5.41, 5.74) is 0.851. The van der Waals surface area contributed by atoms with Crippen LogP contribution in [0.1, 0.15) is 50.2 Å². The molecule has 0 saturated carbocycles. The van der Waals surface area contributed by atoms with E-state index in [1.54, 1.807) is 23.1 Å². The van der Waals surface area contributed by atoms with E-state index < -0.39 is 23.4 Å². The number of phenolic OH excluding ortho intramolecular Hbond substituents is 2. The lowest BCUT2D eigenvalue weighted by atomic mass is 9.95. The molecule has 0 radical (unpaired) electrons. The summed E-state index contributed by atoms with van der Waals surface area (Å²) in [6.45, 7) is 6.05. The van der Waals surface area contributed by atoms with E-state index in [9.17, 15) is 29.7 Å². The summed E-state index contributed by atoms with van der Waals surface area (Å²) in [6.07, 6.45) is 1.72. The Morgan fingerprint density at radius 1 is 1.05 bits per heavy atom. The fraction of sp³-hybridized carbons (Fsp3) is 0.448. The largest absolute Gasteiger partial charge is 0.508 e. The molecule has 218 valence electrons. The monoisotopic (exact) mass is 567 g/mol. The number of aromatic hydroxyl groups is 2. The average molecular weight is 568 g/mol. The highest BCUT2D eigenvalue weighted by Crippen LogP contribution is 2.37. The Labute approximate surface area is 235 Å². The third kappa shape index (κ3) is 5.69. The molecule has 3 aromatic rings. The molecule has 1 atom stereocenters. The van der Waals surface area contributed by atoms with Crippen molar-refractivity contribution >= 4 is 11.9 Å². The molecule has 4 N–H and O–H groups in total. The van der Waals surface area contributed by atoms with Crippen LogP contribution in [0.3, 0.4) is 0 Å². The van der Waals surface area contributed by atoms with Crippen LogP contribution in [0.25, 0.3) is 17.1 Å². The van der Waals surface area contributed by atoms with Gasteiger partial charge in [-0.2, -0.15) is 5.10 Å². The lowest BCUT2D eigenvalue weighted by Crippen LogP contribution is -2.41. The van der Waals surface area contributed by atoms with Gasteiger partial charge >= 0.3 is 11.7 Å². The van der Waals surface area contributed by atoms with E-state index in [1.165, 1.54) is 16.7 Å². The van der Waals surface area contributed by atoms with Crippen molar-refractivity contribution in [1.29, 1.82) is 0 Å². The highest BCUT2D eigenvalue weighted by Gasteiger charge is 2.35. The molecule has 3 heterocycles. The van der Waals surface area contributed by atoms with Crippen molar-refractivity contribution in [3.63, 3.8) is 0 Å². The first-order valence-electron chi connectivity index (χ1n) is 13.8. The zero-order chi connectivity index (χ0) is 29.4. The molecule has 2 aromatic carbocycles. The molecule has 1 unspecified atom stereocenters. The summed E-state index contributed by atoms with van der Waals surface area (Å²) in [5.74, 6) is -2.34. The maximum Gasteiger partial charge on any atom is 0.348 e. The number of nitrogens with zero attached hydrogens (tertiary/aromatic N) is 4. The van der Waals surface area contributed by atoms with Gasteiger partial charge in [0.1, 0.15) is 17.3 Å². The van der Waals surface area contributed by atoms with Crippen LogP contribution in [-0.4, -0.2) is 77.9 Å². The molecule has 5 rings (SSSR count). The van der Waals surface area contributed by atoms with E-state index in [4.69, 9.17) is 0 Å². The lowest BCUT2D eigenvalue weighted by molar-refractivity contribution is -0.141. The summed E-state index contributed by atoms with van der Waals surface area (Å²) >= 11 is 0. The molecule has 0 bridgehead atoms. The first-order valence-corrected chi connectivity index (χ1v) is 13.8. The van der Waals surface area contributed by atoms with Gasteiger partial charge in [0.05, 0.1) is 17.2 Å². The number of H-pyrrole nitrogens is 1. The zero-order valence-electron chi connectivity index (χ0n) is 23.0. The first-order chi connectivity index (χ1) is 19.5. The minimum atomic E-state index is -0.865. The van der Waals surface area contributed by atoms with E-state index in [1.807, 2.05) is 13.8 Å². The van der Waals surface area contributed by atoms with Crippen molar-refractivity contribution in [3.8, 4) is 28.6 Å². The molecule has 1 aromatic heterocycles. The third-order valence-electron chi connectivity index (χ3n) is 8.16. The minimum Gasteiger partial charge on any atom is -0.508 e. The zero-order valence-corrected chi connectivity index (χ0v) is 23.0. The first kappa shape index (κ1) is 28.3. The van der Waals surface area contributed by atoms with E-state index in [0.717, 1.165) is 0 Å². The number of carboxylic acids is 1. The molecule has 2 aliphatic rings. The van der Waals surface area contributed by atoms with Crippen LogP contribution in [0.15, 0.2) is 35.1 Å². The van der Waals surface area contributed by atoms with E-state index >= 15 is 4.39 Å². The molecular weight excluding hydrogens is 533 g/mol. The van der Waals surface area contributed by atoms with Crippen molar-refractivity contribution < 1.29 is 29.3 Å². The van der Waals surface area contributed by atoms with Gasteiger partial charge in [0, 0.05) is 37.2 Å². The standard InChI is InChI=1S/C29H34FN5O6/c1-16(2)21-12-22(25(37)13-24(21)36)26-31-32-29(41)35(26)20-4-3-18(23(30)11-20)14-33-8-5-17(6-9-33)27(38)34-10-7-19(15-34)28(39)40/h3-4,11-13,16-17,19,36-37H,5-10,14-15H2,1-2H3,(H,32,41)(H,39,40). The van der Waals surface area contributed by atoms with Gasteiger partial charge in [0.15, 0.2) is 5.82 Å². The fourth-order valence-electron chi connectivity index (χ4n) is 5.76. The number of carbonyl (C=O) groups is 2. The Morgan fingerprint density at radius 3 is 2.39 bits per heavy atom. The number of aromatic amines is 1. The predicted octanol–water partition coefficient (Wildman–Crippen LogP) is 3.05. The number of aliphatic carboxylic acids is 1. The number of piperidine rings is 1. The van der Waals surface area contributed by atoms with Crippen molar-refractivity contribution in [2.24, 2.45) is 11.8 Å². The number of nitrogens with one attached hydrogen (secondary N) is 1. The molecule has 11 nitrogen and oxygen atoms in total. The average Bonchev–Trinajstić information content (AvgIpc) is 3.57. The number of amides is 1. The van der Waals surface area contributed by atoms with Crippen LogP contribution in [0, 0.1) is 17.7 Å². The van der Waals surface area contributed by atoms with Gasteiger partial charge in [0.25, 0.3) is 0 Å². The molecule has 2 saturated heterocycles. The molecular formula is C29H34FN5O6. The van der Waals surface area contributed by atoms with Crippen LogP contribution < -0.4 is 5.69 Å². The number of aromatic nitrogens is 3. The molecule has 0 spiro atoms. The summed E-state index contributed by atoms with van der Waals surface area (Å²) in [6, 6.07) is 7.24. The number of phenols is 2. The molecule has 12 heteroatoms. The summed E-state index contributed by atoms with van der Waals surface area (Å²) in [5, 5.41) is 36.3. The van der Waals surface area contributed by atoms with Gasteiger partial charge in [0.2, 0.25) is 5.91 Å². The topological polar surface area (TPSA) is 152 Å². The Morgan fingerprint density at radius 2 is 1.76 bits per heavy atom. The number of hydrogen-bond acceptors (Lipinski definition) is 7. The van der Waals surface area contributed by atoms with Gasteiger partial charge in [-0.15, -0.1) is 0 Å². The van der Waals surface area contributed by atoms with Gasteiger partial charge in [-0.25, -0.2) is 18.9 Å². The SMILES string of the molecule is CC(C)c1cc(-c2n[nH]c(=O)n2-c2ccc(CN3CCC(C(=O)N4CCC(C(=O)O)C4)CC3)c(F)c2)c(O)cc1O. The van der Waals surface area contributed by atoms with Gasteiger partial charge in [-0.05, 0) is 62.0 Å². The van der Waals surface area contributed by atoms with E-state index in [-0.39, 0.29) is 52.9 Å². The number of hydrogen-bond donors (Lipinski definition) is 4. The highest BCUT2D eigenvalue weighted by molar-refractivity contribution is 5.81. The van der Waals surface area contributed by atoms with Crippen molar-refractivity contribution in [3.05, 3.63) is 57.8 Å². The Bertz CT molecular complexity index is 1520. The number of carbonyl (C=O) groups excluding carboxylic acids is 1. The second-order valence-corrected chi connectivity index (χ2v) is 11.2. The van der Waals surface area contributed by atoms with Crippen LogP contribution >= 0.6 is 0 Å². The number of benzene rings is 2. The third-order valence-corrected chi connectivity index (χ3v) is 8.16. The number of rotatable bonds is 7. The Hall–Kier alpha value is -4.19. The molecule has 2 fully saturated rings. The Balaban J connectivity index is 1.28. The predicted molar refractivity (Wildman–Crippen MR) is 147 cm³/mol. The van der Waals surface area contributed by atoms with Crippen LogP contribution in [0.5, 0.6) is 11.5 Å². The molecule has 41 heavy (non-hydrogen) atoms. The number of carboxylic acid groups (broad SMARTS) is 1. The smallest absolute Gasteiger partial charge is 0.348 e. The van der Waals surface area contributed by atoms with Gasteiger partial charge in [-0.1, -0.05) is 19.9 Å². The minimum absolute atomic E-state index is 0.00507. The lowest BCUT2D eigenvalue weighted by Gasteiger charge is -2.33. The van der Waals surface area contributed by atoms with E-state index in [2.05, 4.69) is 15.1 Å². The number of likely N-dealkylation sites (tertiary alicyclic amines) is 2. The second-order valence-electron chi connectivity index (χ2n) is 11.2. The highest BCUT2D eigenvalue weighted by atomic mass is 19.1. The normalized spacial score (nSPS) is 18.3. The molecule has 0 aliphatic carbocycles. The van der Waals surface area contributed by atoms with Crippen LogP contribution in [0.4, 0.5) is 4.39 Å². The second kappa shape index (κ2) is 11.4. The van der Waals surface area contributed by atoms with Crippen molar-refractivity contribution in [1.82, 2.24) is 24.6 Å². The summed E-state index contributed by atoms with van der Waals surface area (Å²) in [4.78, 5) is 40.5. The van der Waals surface area contributed by atoms with Crippen LogP contribution in [0.2, 0.25) is 0 Å². The van der Waals surface area contributed by atoms with Gasteiger partial charge < -0.3 is 20.2 Å². The molecule has 2 aliphatic heterocycles. The molecule has 1 amide bonds. The van der Waals surface area contributed by atoms with E-state index in [0.29, 0.717) is 56.6 Å². The fourth-order valence-corrected chi connectivity index (χ4v) is 5.76.